The number of aliphatic hydroxyl groups is 6. The highest BCUT2D eigenvalue weighted by atomic mass is 16.6. The predicted molar refractivity (Wildman–Crippen MR) is 243 cm³/mol. The minimum absolute atomic E-state index is 0.000679. The zero-order valence-electron chi connectivity index (χ0n) is 39.4. The lowest BCUT2D eigenvalue weighted by Crippen LogP contribution is -2.60. The third-order valence-corrected chi connectivity index (χ3v) is 15.0. The van der Waals surface area contributed by atoms with Crippen molar-refractivity contribution in [1.82, 2.24) is 4.90 Å². The molecule has 15 atom stereocenters. The van der Waals surface area contributed by atoms with Gasteiger partial charge in [0.05, 0.1) is 43.0 Å². The van der Waals surface area contributed by atoms with E-state index in [9.17, 15) is 54.6 Å². The molecule has 2 bridgehead atoms. The summed E-state index contributed by atoms with van der Waals surface area (Å²) >= 11 is 0. The SMILES string of the molecule is C\C1=C/C=C/C=C/[C@@H](C)C[C@@H](C)C(=O)[C@H](CO)[C@H](O)/C(C)=C/[C@@H](C)C(=O)C[C@@H]([C@H](C)C[C@@H]2CC[C@@H](O)[C@H](CO)C2)CC(=O)[C@@H]2CCCCN2C(=O)C(=O)[C@@]2(O)O[C@@H](CC[C@H]2C)CC1O. The van der Waals surface area contributed by atoms with Gasteiger partial charge in [-0.05, 0) is 113 Å². The van der Waals surface area contributed by atoms with Gasteiger partial charge in [-0.25, -0.2) is 0 Å². The van der Waals surface area contributed by atoms with E-state index in [0.717, 1.165) is 6.42 Å². The van der Waals surface area contributed by atoms with E-state index in [1.165, 1.54) is 4.90 Å². The van der Waals surface area contributed by atoms with Crippen LogP contribution in [0.2, 0.25) is 0 Å². The van der Waals surface area contributed by atoms with E-state index in [1.807, 2.05) is 26.0 Å². The second-order valence-electron chi connectivity index (χ2n) is 20.1. The lowest BCUT2D eigenvalue weighted by Gasteiger charge is -2.42. The molecular formula is C51H79NO12. The van der Waals surface area contributed by atoms with E-state index in [-0.39, 0.29) is 73.4 Å². The summed E-state index contributed by atoms with van der Waals surface area (Å²) in [5.74, 6) is -9.16. The van der Waals surface area contributed by atoms with E-state index in [0.29, 0.717) is 68.9 Å². The van der Waals surface area contributed by atoms with Crippen LogP contribution in [-0.4, -0.2) is 121 Å². The van der Waals surface area contributed by atoms with Crippen molar-refractivity contribution < 1.29 is 59.3 Å². The molecule has 360 valence electrons. The minimum Gasteiger partial charge on any atom is -0.396 e. The Hall–Kier alpha value is -3.17. The first-order valence-electron chi connectivity index (χ1n) is 24.0. The van der Waals surface area contributed by atoms with Gasteiger partial charge in [-0.3, -0.25) is 24.0 Å². The van der Waals surface area contributed by atoms with Crippen molar-refractivity contribution in [2.24, 2.45) is 53.3 Å². The van der Waals surface area contributed by atoms with Gasteiger partial charge in [-0.15, -0.1) is 0 Å². The number of fused-ring (bicyclic) bond motifs is 3. The summed E-state index contributed by atoms with van der Waals surface area (Å²) in [4.78, 5) is 71.8. The van der Waals surface area contributed by atoms with Crippen molar-refractivity contribution in [3.8, 4) is 0 Å². The van der Waals surface area contributed by atoms with Gasteiger partial charge in [0.2, 0.25) is 5.79 Å². The molecule has 64 heavy (non-hydrogen) atoms. The van der Waals surface area contributed by atoms with E-state index in [2.05, 4.69) is 0 Å². The lowest BCUT2D eigenvalue weighted by atomic mass is 9.72. The Morgan fingerprint density at radius 1 is 0.812 bits per heavy atom. The fourth-order valence-corrected chi connectivity index (χ4v) is 10.5. The van der Waals surface area contributed by atoms with Crippen molar-refractivity contribution in [2.75, 3.05) is 19.8 Å². The number of hydrogen-bond acceptors (Lipinski definition) is 12. The topological polar surface area (TPSA) is 219 Å². The average molecular weight is 898 g/mol. The predicted octanol–water partition coefficient (Wildman–Crippen LogP) is 5.38. The molecule has 1 aliphatic carbocycles. The molecule has 0 spiro atoms. The molecule has 1 saturated carbocycles. The zero-order valence-corrected chi connectivity index (χ0v) is 39.4. The number of ether oxygens (including phenoxy) is 1. The quantitative estimate of drug-likeness (QED) is 0.152. The van der Waals surface area contributed by atoms with Crippen molar-refractivity contribution in [1.29, 1.82) is 0 Å². The van der Waals surface area contributed by atoms with Gasteiger partial charge in [0.25, 0.3) is 11.7 Å². The number of aliphatic hydroxyl groups excluding tert-OH is 5. The van der Waals surface area contributed by atoms with Crippen LogP contribution in [0.3, 0.4) is 0 Å². The van der Waals surface area contributed by atoms with Crippen molar-refractivity contribution in [2.45, 2.75) is 168 Å². The Morgan fingerprint density at radius 2 is 1.52 bits per heavy atom. The van der Waals surface area contributed by atoms with Crippen LogP contribution >= 0.6 is 0 Å². The number of hydrogen-bond donors (Lipinski definition) is 6. The van der Waals surface area contributed by atoms with Crippen molar-refractivity contribution in [3.05, 3.63) is 47.6 Å². The number of carbonyl (C=O) groups excluding carboxylic acids is 5. The highest BCUT2D eigenvalue weighted by Gasteiger charge is 2.53. The number of ketones is 4. The minimum atomic E-state index is -2.45. The van der Waals surface area contributed by atoms with E-state index >= 15 is 0 Å². The molecule has 3 fully saturated rings. The van der Waals surface area contributed by atoms with Crippen LogP contribution in [0.4, 0.5) is 0 Å². The first kappa shape index (κ1) is 53.4. The molecule has 0 radical (unpaired) electrons. The molecule has 1 unspecified atom stereocenters. The van der Waals surface area contributed by atoms with Crippen molar-refractivity contribution >= 4 is 29.0 Å². The summed E-state index contributed by atoms with van der Waals surface area (Å²) in [6.45, 7) is 11.9. The Kier molecular flexibility index (Phi) is 20.5. The van der Waals surface area contributed by atoms with Crippen LogP contribution in [0.25, 0.3) is 0 Å². The van der Waals surface area contributed by atoms with Crippen molar-refractivity contribution in [3.63, 3.8) is 0 Å². The number of allylic oxidation sites excluding steroid dienone is 6. The van der Waals surface area contributed by atoms with E-state index in [4.69, 9.17) is 4.74 Å². The largest absolute Gasteiger partial charge is 0.396 e. The average Bonchev–Trinajstić information content (AvgIpc) is 3.26. The van der Waals surface area contributed by atoms with Gasteiger partial charge in [0, 0.05) is 56.1 Å². The Labute approximate surface area is 381 Å². The molecule has 13 nitrogen and oxygen atoms in total. The summed E-state index contributed by atoms with van der Waals surface area (Å²) in [5, 5.41) is 65.0. The summed E-state index contributed by atoms with van der Waals surface area (Å²) in [5.41, 5.74) is 0.995. The van der Waals surface area contributed by atoms with Crippen LogP contribution in [-0.2, 0) is 28.7 Å². The maximum atomic E-state index is 14.5. The first-order chi connectivity index (χ1) is 30.2. The van der Waals surface area contributed by atoms with Gasteiger partial charge >= 0.3 is 0 Å². The first-order valence-corrected chi connectivity index (χ1v) is 24.0. The summed E-state index contributed by atoms with van der Waals surface area (Å²) in [6.07, 6.45) is 12.4. The maximum absolute atomic E-state index is 14.5. The normalized spacial score (nSPS) is 41.0. The van der Waals surface area contributed by atoms with Crippen LogP contribution in [0.15, 0.2) is 47.6 Å². The maximum Gasteiger partial charge on any atom is 0.296 e. The number of piperidine rings is 1. The highest BCUT2D eigenvalue weighted by molar-refractivity contribution is 6.39. The fourth-order valence-electron chi connectivity index (χ4n) is 10.5. The third-order valence-electron chi connectivity index (χ3n) is 15.0. The molecule has 13 heteroatoms. The Balaban J connectivity index is 1.69. The molecule has 6 N–H and O–H groups in total. The van der Waals surface area contributed by atoms with Gasteiger partial charge < -0.3 is 40.3 Å². The smallest absolute Gasteiger partial charge is 0.296 e. The number of nitrogens with zero attached hydrogens (tertiary/aromatic N) is 1. The molecule has 4 rings (SSSR count). The third kappa shape index (κ3) is 13.9. The number of amides is 1. The van der Waals surface area contributed by atoms with E-state index < -0.39 is 84.1 Å². The van der Waals surface area contributed by atoms with Crippen LogP contribution in [0.5, 0.6) is 0 Å². The second-order valence-corrected chi connectivity index (χ2v) is 20.1. The zero-order chi connectivity index (χ0) is 47.5. The molecular weight excluding hydrogens is 819 g/mol. The van der Waals surface area contributed by atoms with Crippen LogP contribution in [0, 0.1) is 53.3 Å². The monoisotopic (exact) mass is 898 g/mol. The number of carbonyl (C=O) groups is 5. The molecule has 0 aromatic heterocycles. The standard InChI is InChI=1S/C51H79NO12/c1-30-13-9-8-10-14-31(2)45(57)27-40-18-16-36(7)51(63,64-40)49(61)50(62)52-20-12-11-15-42(52)46(58)26-38(32(3)23-37-17-19-43(55)39(24-37)28-53)25-44(56)33(4)22-35(6)48(60)41(29-54)47(59)34(5)21-30/h8-10,13-14,22,30,32-34,36-43,45,48,53-55,57,60,63H,11-12,15-21,23-29H2,1-7H3/b10-8+,13-9+,31-14+,35-22+/t30-,32-,33-,34-,36-,37+,38-,39+,40+,41+,42+,43-,45?,48-,51+/m1/s1. The molecule has 3 aliphatic heterocycles. The van der Waals surface area contributed by atoms with Crippen LogP contribution in [0.1, 0.15) is 132 Å². The number of Topliss-reactive ketones (excluding diaryl/α,β-unsaturated/α-hetero) is 4. The fraction of sp³-hybridized carbons (Fsp3) is 0.745. The molecule has 0 aromatic rings. The van der Waals surface area contributed by atoms with E-state index in [1.54, 1.807) is 58.9 Å². The van der Waals surface area contributed by atoms with Gasteiger partial charge in [0.15, 0.2) is 5.78 Å². The van der Waals surface area contributed by atoms with Gasteiger partial charge in [0.1, 0.15) is 11.6 Å². The number of rotatable bonds is 5. The molecule has 1 amide bonds. The Bertz CT molecular complexity index is 1740. The summed E-state index contributed by atoms with van der Waals surface area (Å²) in [7, 11) is 0. The lowest BCUT2D eigenvalue weighted by molar-refractivity contribution is -0.265. The molecule has 0 aromatic carbocycles. The van der Waals surface area contributed by atoms with Crippen LogP contribution < -0.4 is 0 Å². The molecule has 4 aliphatic rings. The summed E-state index contributed by atoms with van der Waals surface area (Å²) in [6, 6.07) is -0.960. The van der Waals surface area contributed by atoms with Gasteiger partial charge in [-0.1, -0.05) is 71.1 Å². The molecule has 2 saturated heterocycles. The highest BCUT2D eigenvalue weighted by Crippen LogP contribution is 2.39. The van der Waals surface area contributed by atoms with Gasteiger partial charge in [-0.2, -0.15) is 0 Å². The second kappa shape index (κ2) is 24.6. The molecule has 3 heterocycles. The Morgan fingerprint density at radius 3 is 2.20 bits per heavy atom. The summed E-state index contributed by atoms with van der Waals surface area (Å²) < 4.78 is 6.03.